The fourth-order valence-electron chi connectivity index (χ4n) is 2.52. The van der Waals surface area contributed by atoms with Gasteiger partial charge >= 0.3 is 0 Å². The van der Waals surface area contributed by atoms with E-state index >= 15 is 0 Å². The number of nitrogens with zero attached hydrogens (tertiary/aromatic N) is 4. The Hall–Kier alpha value is -2.36. The maximum atomic E-state index is 4.35. The molecule has 0 saturated carbocycles. The van der Waals surface area contributed by atoms with Crippen LogP contribution in [0.15, 0.2) is 46.6 Å². The fraction of sp³-hybridized carbons (Fsp3) is 0.333. The van der Waals surface area contributed by atoms with E-state index in [4.69, 9.17) is 0 Å². The van der Waals surface area contributed by atoms with E-state index in [0.29, 0.717) is 0 Å². The Morgan fingerprint density at radius 3 is 1.27 bits per heavy atom. The van der Waals surface area contributed by atoms with Crippen LogP contribution in [-0.4, -0.2) is 28.2 Å². The number of hydrogen-bond acceptors (Lipinski definition) is 4. The molecule has 4 nitrogen and oxygen atoms in total. The monoisotopic (exact) mass is 296 g/mol. The molecular weight excluding hydrogens is 272 g/mol. The summed E-state index contributed by atoms with van der Waals surface area (Å²) in [7, 11) is 8.16. The van der Waals surface area contributed by atoms with Crippen molar-refractivity contribution in [2.24, 2.45) is 10.2 Å². The minimum atomic E-state index is 0.873. The zero-order valence-electron chi connectivity index (χ0n) is 14.3. The van der Waals surface area contributed by atoms with Crippen LogP contribution in [0.4, 0.5) is 22.7 Å². The van der Waals surface area contributed by atoms with Gasteiger partial charge in [0.15, 0.2) is 0 Å². The van der Waals surface area contributed by atoms with Gasteiger partial charge in [-0.3, -0.25) is 0 Å². The Morgan fingerprint density at radius 1 is 0.636 bits per heavy atom. The lowest BCUT2D eigenvalue weighted by atomic mass is 10.1. The minimum Gasteiger partial charge on any atom is -0.377 e. The molecule has 0 atom stereocenters. The standard InChI is InChI=1S/C18H24N4/c1-13-11-15(7-9-17(13)21(3)4)19-20-16-8-10-18(22(5)6)14(2)12-16/h7-12H,1-6H3. The zero-order valence-corrected chi connectivity index (χ0v) is 14.3. The smallest absolute Gasteiger partial charge is 0.0861 e. The maximum Gasteiger partial charge on any atom is 0.0861 e. The Balaban J connectivity index is 2.22. The number of hydrogen-bond donors (Lipinski definition) is 0. The Labute approximate surface area is 133 Å². The van der Waals surface area contributed by atoms with Crippen LogP contribution < -0.4 is 9.80 Å². The first-order valence-corrected chi connectivity index (χ1v) is 7.36. The minimum absolute atomic E-state index is 0.873. The van der Waals surface area contributed by atoms with Crippen LogP contribution in [0.2, 0.25) is 0 Å². The predicted molar refractivity (Wildman–Crippen MR) is 95.2 cm³/mol. The van der Waals surface area contributed by atoms with Gasteiger partial charge in [0, 0.05) is 39.6 Å². The van der Waals surface area contributed by atoms with E-state index < -0.39 is 0 Å². The van der Waals surface area contributed by atoms with Crippen molar-refractivity contribution in [1.29, 1.82) is 0 Å². The van der Waals surface area contributed by atoms with E-state index in [0.717, 1.165) is 11.4 Å². The molecule has 0 aliphatic rings. The molecule has 0 aliphatic carbocycles. The third-order valence-corrected chi connectivity index (χ3v) is 3.61. The highest BCUT2D eigenvalue weighted by molar-refractivity contribution is 5.59. The molecule has 4 heteroatoms. The van der Waals surface area contributed by atoms with Gasteiger partial charge in [-0.25, -0.2) is 0 Å². The molecule has 2 aromatic carbocycles. The Morgan fingerprint density at radius 2 is 1.00 bits per heavy atom. The lowest BCUT2D eigenvalue weighted by Gasteiger charge is -2.15. The largest absolute Gasteiger partial charge is 0.377 e. The molecule has 0 heterocycles. The Kier molecular flexibility index (Phi) is 4.81. The first kappa shape index (κ1) is 16.0. The number of benzene rings is 2. The highest BCUT2D eigenvalue weighted by Crippen LogP contribution is 2.27. The molecule has 0 saturated heterocycles. The molecule has 116 valence electrons. The van der Waals surface area contributed by atoms with Crippen molar-refractivity contribution in [3.8, 4) is 0 Å². The molecule has 2 rings (SSSR count). The summed E-state index contributed by atoms with van der Waals surface area (Å²) in [6, 6.07) is 12.2. The van der Waals surface area contributed by atoms with Gasteiger partial charge in [0.05, 0.1) is 11.4 Å². The molecule has 0 unspecified atom stereocenters. The highest BCUT2D eigenvalue weighted by Gasteiger charge is 2.03. The van der Waals surface area contributed by atoms with E-state index in [1.165, 1.54) is 22.5 Å². The molecule has 0 amide bonds. The third kappa shape index (κ3) is 3.64. The van der Waals surface area contributed by atoms with E-state index in [1.807, 2.05) is 40.3 Å². The normalized spacial score (nSPS) is 11.0. The van der Waals surface area contributed by atoms with E-state index in [9.17, 15) is 0 Å². The molecule has 0 fully saturated rings. The summed E-state index contributed by atoms with van der Waals surface area (Å²) in [6.07, 6.45) is 0. The van der Waals surface area contributed by atoms with E-state index in [-0.39, 0.29) is 0 Å². The second-order valence-electron chi connectivity index (χ2n) is 5.93. The van der Waals surface area contributed by atoms with Gasteiger partial charge < -0.3 is 9.80 Å². The summed E-state index contributed by atoms with van der Waals surface area (Å²) in [5.41, 5.74) is 6.53. The number of aryl methyl sites for hydroxylation is 2. The topological polar surface area (TPSA) is 31.2 Å². The fourth-order valence-corrected chi connectivity index (χ4v) is 2.52. The van der Waals surface area contributed by atoms with E-state index in [2.05, 4.69) is 58.1 Å². The number of rotatable bonds is 4. The SMILES string of the molecule is Cc1cc(N=Nc2ccc(N(C)C)c(C)c2)ccc1N(C)C. The van der Waals surface area contributed by atoms with Gasteiger partial charge in [0.25, 0.3) is 0 Å². The Bertz CT molecular complexity index is 628. The molecule has 0 aromatic heterocycles. The summed E-state index contributed by atoms with van der Waals surface area (Å²) in [5, 5.41) is 8.69. The van der Waals surface area contributed by atoms with Crippen LogP contribution in [0.1, 0.15) is 11.1 Å². The third-order valence-electron chi connectivity index (χ3n) is 3.61. The first-order valence-electron chi connectivity index (χ1n) is 7.36. The molecule has 0 aliphatic heterocycles. The van der Waals surface area contributed by atoms with Crippen molar-refractivity contribution in [2.75, 3.05) is 38.0 Å². The van der Waals surface area contributed by atoms with Crippen molar-refractivity contribution in [3.05, 3.63) is 47.5 Å². The average Bonchev–Trinajstić information content (AvgIpc) is 2.44. The zero-order chi connectivity index (χ0) is 16.3. The predicted octanol–water partition coefficient (Wildman–Crippen LogP) is 4.85. The van der Waals surface area contributed by atoms with Gasteiger partial charge in [0.2, 0.25) is 0 Å². The molecule has 0 bridgehead atoms. The average molecular weight is 296 g/mol. The van der Waals surface area contributed by atoms with Crippen LogP contribution in [0, 0.1) is 13.8 Å². The van der Waals surface area contributed by atoms with Crippen molar-refractivity contribution in [1.82, 2.24) is 0 Å². The van der Waals surface area contributed by atoms with Crippen LogP contribution in [-0.2, 0) is 0 Å². The second kappa shape index (κ2) is 6.60. The van der Waals surface area contributed by atoms with Gasteiger partial charge in [-0.15, -0.1) is 0 Å². The highest BCUT2D eigenvalue weighted by atomic mass is 15.1. The lowest BCUT2D eigenvalue weighted by Crippen LogP contribution is -2.09. The van der Waals surface area contributed by atoms with Crippen LogP contribution >= 0.6 is 0 Å². The van der Waals surface area contributed by atoms with Gasteiger partial charge in [0.1, 0.15) is 0 Å². The molecular formula is C18H24N4. The summed E-state index contributed by atoms with van der Waals surface area (Å²) in [6.45, 7) is 4.18. The summed E-state index contributed by atoms with van der Waals surface area (Å²) < 4.78 is 0. The molecule has 2 aromatic rings. The summed E-state index contributed by atoms with van der Waals surface area (Å²) in [4.78, 5) is 4.19. The van der Waals surface area contributed by atoms with Crippen molar-refractivity contribution >= 4 is 22.7 Å². The molecule has 0 spiro atoms. The van der Waals surface area contributed by atoms with Crippen LogP contribution in [0.25, 0.3) is 0 Å². The van der Waals surface area contributed by atoms with Crippen LogP contribution in [0.5, 0.6) is 0 Å². The van der Waals surface area contributed by atoms with Gasteiger partial charge in [-0.2, -0.15) is 10.2 Å². The summed E-state index contributed by atoms with van der Waals surface area (Å²) in [5.74, 6) is 0. The maximum absolute atomic E-state index is 4.35. The summed E-state index contributed by atoms with van der Waals surface area (Å²) >= 11 is 0. The molecule has 0 N–H and O–H groups in total. The quantitative estimate of drug-likeness (QED) is 0.755. The lowest BCUT2D eigenvalue weighted by molar-refractivity contribution is 1.11. The van der Waals surface area contributed by atoms with Gasteiger partial charge in [-0.1, -0.05) is 0 Å². The van der Waals surface area contributed by atoms with Crippen molar-refractivity contribution in [2.45, 2.75) is 13.8 Å². The van der Waals surface area contributed by atoms with Crippen molar-refractivity contribution in [3.63, 3.8) is 0 Å². The van der Waals surface area contributed by atoms with Crippen molar-refractivity contribution < 1.29 is 0 Å². The second-order valence-corrected chi connectivity index (χ2v) is 5.93. The molecule has 22 heavy (non-hydrogen) atoms. The van der Waals surface area contributed by atoms with E-state index in [1.54, 1.807) is 0 Å². The molecule has 0 radical (unpaired) electrons. The van der Waals surface area contributed by atoms with Gasteiger partial charge in [-0.05, 0) is 61.4 Å². The first-order chi connectivity index (χ1) is 10.4. The number of anilines is 2. The van der Waals surface area contributed by atoms with Crippen LogP contribution in [0.3, 0.4) is 0 Å². The number of azo groups is 1.